The summed E-state index contributed by atoms with van der Waals surface area (Å²) in [5.74, 6) is 0. The van der Waals surface area contributed by atoms with Crippen molar-refractivity contribution in [3.8, 4) is 0 Å². The molecule has 0 aromatic heterocycles. The van der Waals surface area contributed by atoms with Gasteiger partial charge in [-0.1, -0.05) is 11.6 Å². The van der Waals surface area contributed by atoms with Crippen molar-refractivity contribution < 1.29 is 4.74 Å². The van der Waals surface area contributed by atoms with Crippen LogP contribution in [-0.2, 0) is 4.74 Å². The van der Waals surface area contributed by atoms with Gasteiger partial charge in [0.2, 0.25) is 4.38 Å². The highest BCUT2D eigenvalue weighted by molar-refractivity contribution is 8.22. The van der Waals surface area contributed by atoms with Crippen LogP contribution < -0.4 is 0 Å². The lowest BCUT2D eigenvalue weighted by atomic mass is 10.2. The lowest BCUT2D eigenvalue weighted by Gasteiger charge is -2.05. The summed E-state index contributed by atoms with van der Waals surface area (Å²) in [7, 11) is 0. The van der Waals surface area contributed by atoms with Crippen LogP contribution in [0.15, 0.2) is 23.1 Å². The largest absolute Gasteiger partial charge is 0.479 e. The van der Waals surface area contributed by atoms with Crippen molar-refractivity contribution >= 4 is 40.0 Å². The molecule has 0 spiro atoms. The lowest BCUT2D eigenvalue weighted by Crippen LogP contribution is -1.95. The molecular weight excluding hydrogens is 236 g/mol. The summed E-state index contributed by atoms with van der Waals surface area (Å²) in [5.41, 5.74) is 1.05. The van der Waals surface area contributed by atoms with Crippen LogP contribution in [0.3, 0.4) is 0 Å². The fourth-order valence-corrected chi connectivity index (χ4v) is 2.19. The van der Waals surface area contributed by atoms with Crippen molar-refractivity contribution in [2.45, 2.75) is 18.7 Å². The third kappa shape index (κ3) is 3.48. The number of benzene rings is 1. The maximum atomic E-state index is 5.91. The molecular formula is C10H11ClOS2. The van der Waals surface area contributed by atoms with Crippen LogP contribution in [0.4, 0.5) is 0 Å². The second kappa shape index (κ2) is 5.59. The highest BCUT2D eigenvalue weighted by Gasteiger charge is 2.02. The van der Waals surface area contributed by atoms with Crippen LogP contribution >= 0.6 is 35.6 Å². The minimum Gasteiger partial charge on any atom is -0.479 e. The van der Waals surface area contributed by atoms with Crippen LogP contribution in [-0.4, -0.2) is 11.0 Å². The smallest absolute Gasteiger partial charge is 0.224 e. The predicted molar refractivity (Wildman–Crippen MR) is 66.3 cm³/mol. The van der Waals surface area contributed by atoms with Crippen LogP contribution in [0.5, 0.6) is 0 Å². The molecule has 0 aliphatic heterocycles. The summed E-state index contributed by atoms with van der Waals surface area (Å²) in [4.78, 5) is 1.06. The monoisotopic (exact) mass is 246 g/mol. The van der Waals surface area contributed by atoms with E-state index in [1.54, 1.807) is 0 Å². The summed E-state index contributed by atoms with van der Waals surface area (Å²) < 4.78 is 5.73. The Balaban J connectivity index is 2.68. The maximum absolute atomic E-state index is 5.91. The number of thioether (sulfide) groups is 1. The minimum atomic E-state index is 0.550. The van der Waals surface area contributed by atoms with Crippen LogP contribution in [0, 0.1) is 6.92 Å². The Kier molecular flexibility index (Phi) is 4.72. The van der Waals surface area contributed by atoms with Gasteiger partial charge in [-0.3, -0.25) is 0 Å². The summed E-state index contributed by atoms with van der Waals surface area (Å²) in [5, 5.41) is 0.775. The van der Waals surface area contributed by atoms with E-state index < -0.39 is 0 Å². The van der Waals surface area contributed by atoms with Gasteiger partial charge in [-0.15, -0.1) is 0 Å². The van der Waals surface area contributed by atoms with Gasteiger partial charge in [-0.25, -0.2) is 0 Å². The number of ether oxygens (including phenoxy) is 1. The molecule has 0 aliphatic rings. The first-order valence-electron chi connectivity index (χ1n) is 4.24. The van der Waals surface area contributed by atoms with Gasteiger partial charge in [0.05, 0.1) is 6.61 Å². The van der Waals surface area contributed by atoms with E-state index in [2.05, 4.69) is 0 Å². The fraction of sp³-hybridized carbons (Fsp3) is 0.300. The van der Waals surface area contributed by atoms with Gasteiger partial charge in [-0.2, -0.15) is 0 Å². The Labute approximate surface area is 98.8 Å². The molecule has 0 saturated heterocycles. The number of hydrogen-bond donors (Lipinski definition) is 0. The molecule has 0 bridgehead atoms. The van der Waals surface area contributed by atoms with Gasteiger partial charge in [0.25, 0.3) is 0 Å². The first-order valence-corrected chi connectivity index (χ1v) is 5.84. The van der Waals surface area contributed by atoms with Crippen molar-refractivity contribution in [1.82, 2.24) is 0 Å². The normalized spacial score (nSPS) is 9.93. The zero-order valence-corrected chi connectivity index (χ0v) is 10.4. The number of aryl methyl sites for hydroxylation is 1. The summed E-state index contributed by atoms with van der Waals surface area (Å²) in [6.07, 6.45) is 0. The molecule has 14 heavy (non-hydrogen) atoms. The highest BCUT2D eigenvalue weighted by atomic mass is 35.5. The van der Waals surface area contributed by atoms with Crippen LogP contribution in [0.2, 0.25) is 5.02 Å². The van der Waals surface area contributed by atoms with Gasteiger partial charge in [0.15, 0.2) is 0 Å². The van der Waals surface area contributed by atoms with Crippen molar-refractivity contribution in [2.75, 3.05) is 6.61 Å². The number of halogens is 1. The minimum absolute atomic E-state index is 0.550. The van der Waals surface area contributed by atoms with E-state index in [9.17, 15) is 0 Å². The van der Waals surface area contributed by atoms with Gasteiger partial charge in [0, 0.05) is 9.92 Å². The first kappa shape index (κ1) is 11.8. The molecule has 0 unspecified atom stereocenters. The Morgan fingerprint density at radius 1 is 1.57 bits per heavy atom. The molecule has 0 heterocycles. The molecule has 1 aromatic carbocycles. The Morgan fingerprint density at radius 3 is 2.86 bits per heavy atom. The summed E-state index contributed by atoms with van der Waals surface area (Å²) in [6, 6.07) is 5.80. The molecule has 0 aliphatic carbocycles. The quantitative estimate of drug-likeness (QED) is 0.575. The van der Waals surface area contributed by atoms with Crippen molar-refractivity contribution in [3.63, 3.8) is 0 Å². The molecule has 1 rings (SSSR count). The first-order chi connectivity index (χ1) is 6.63. The zero-order valence-electron chi connectivity index (χ0n) is 8.04. The Morgan fingerprint density at radius 2 is 2.29 bits per heavy atom. The predicted octanol–water partition coefficient (Wildman–Crippen LogP) is 4.06. The van der Waals surface area contributed by atoms with E-state index in [0.717, 1.165) is 15.5 Å². The average Bonchev–Trinajstić information content (AvgIpc) is 2.12. The molecule has 76 valence electrons. The molecule has 1 aromatic rings. The van der Waals surface area contributed by atoms with Crippen LogP contribution in [0.1, 0.15) is 12.5 Å². The summed E-state index contributed by atoms with van der Waals surface area (Å²) >= 11 is 12.4. The zero-order chi connectivity index (χ0) is 10.6. The van der Waals surface area contributed by atoms with E-state index >= 15 is 0 Å². The van der Waals surface area contributed by atoms with E-state index in [-0.39, 0.29) is 0 Å². The second-order valence-corrected chi connectivity index (χ2v) is 4.78. The van der Waals surface area contributed by atoms with Gasteiger partial charge >= 0.3 is 0 Å². The van der Waals surface area contributed by atoms with Crippen molar-refractivity contribution in [2.24, 2.45) is 0 Å². The average molecular weight is 247 g/mol. The van der Waals surface area contributed by atoms with Gasteiger partial charge < -0.3 is 4.74 Å². The van der Waals surface area contributed by atoms with Crippen molar-refractivity contribution in [1.29, 1.82) is 0 Å². The molecule has 4 heteroatoms. The van der Waals surface area contributed by atoms with E-state index in [4.69, 9.17) is 28.6 Å². The highest BCUT2D eigenvalue weighted by Crippen LogP contribution is 2.25. The fourth-order valence-electron chi connectivity index (χ4n) is 0.924. The molecule has 0 saturated carbocycles. The standard InChI is InChI=1S/C10H11ClOS2/c1-3-12-10(13)14-8-4-5-9(11)7(2)6-8/h4-6H,3H2,1-2H3. The van der Waals surface area contributed by atoms with Gasteiger partial charge in [0.1, 0.15) is 0 Å². The molecule has 0 radical (unpaired) electrons. The molecule has 1 nitrogen and oxygen atoms in total. The molecule has 0 amide bonds. The second-order valence-electron chi connectivity index (χ2n) is 2.70. The number of hydrogen-bond acceptors (Lipinski definition) is 3. The maximum Gasteiger partial charge on any atom is 0.224 e. The number of thiocarbonyl (C=S) groups is 1. The SMILES string of the molecule is CCOC(=S)Sc1ccc(Cl)c(C)c1. The molecule has 0 fully saturated rings. The van der Waals surface area contributed by atoms with E-state index in [1.807, 2.05) is 32.0 Å². The molecule has 0 N–H and O–H groups in total. The summed E-state index contributed by atoms with van der Waals surface area (Å²) in [6.45, 7) is 4.49. The third-order valence-corrected chi connectivity index (χ3v) is 3.16. The molecule has 0 atom stereocenters. The Bertz CT molecular complexity index is 339. The van der Waals surface area contributed by atoms with Crippen molar-refractivity contribution in [3.05, 3.63) is 28.8 Å². The van der Waals surface area contributed by atoms with E-state index in [0.29, 0.717) is 11.0 Å². The van der Waals surface area contributed by atoms with Gasteiger partial charge in [-0.05, 0) is 61.6 Å². The third-order valence-electron chi connectivity index (χ3n) is 1.59. The Hall–Kier alpha value is -0.250. The lowest BCUT2D eigenvalue weighted by molar-refractivity contribution is 0.346. The van der Waals surface area contributed by atoms with E-state index in [1.165, 1.54) is 11.8 Å². The number of rotatable bonds is 2. The van der Waals surface area contributed by atoms with Crippen LogP contribution in [0.25, 0.3) is 0 Å². The topological polar surface area (TPSA) is 9.23 Å².